The fourth-order valence-electron chi connectivity index (χ4n) is 1.37. The van der Waals surface area contributed by atoms with Crippen molar-refractivity contribution in [3.8, 4) is 0 Å². The Balaban J connectivity index is 2.25. The smallest absolute Gasteiger partial charge is 0.269 e. The molecule has 0 aliphatic heterocycles. The van der Waals surface area contributed by atoms with E-state index in [1.54, 1.807) is 7.05 Å². The van der Waals surface area contributed by atoms with Crippen molar-refractivity contribution in [3.63, 3.8) is 0 Å². The molecule has 100 valence electrons. The van der Waals surface area contributed by atoms with Crippen LogP contribution in [0.1, 0.15) is 9.67 Å². The molecule has 19 heavy (non-hydrogen) atoms. The molecule has 1 heterocycles. The van der Waals surface area contributed by atoms with Gasteiger partial charge < -0.3 is 16.4 Å². The van der Waals surface area contributed by atoms with Crippen LogP contribution in [0.25, 0.3) is 0 Å². The summed E-state index contributed by atoms with van der Waals surface area (Å²) in [6.07, 6.45) is 0. The minimum absolute atomic E-state index is 0.0312. The molecule has 0 bridgehead atoms. The standard InChI is InChI=1S/C11H10F2N4OS/c1-15-11-17-9(14)8(19-11)10(18)16-7-4-5(12)2-3-6(7)13/h2-4H,14H2,1H3,(H,15,17)(H,16,18). The Hall–Kier alpha value is -2.22. The van der Waals surface area contributed by atoms with Gasteiger partial charge in [0.2, 0.25) is 0 Å². The molecule has 0 aliphatic carbocycles. The summed E-state index contributed by atoms with van der Waals surface area (Å²) in [6, 6.07) is 2.79. The van der Waals surface area contributed by atoms with E-state index in [0.717, 1.165) is 29.5 Å². The molecule has 4 N–H and O–H groups in total. The van der Waals surface area contributed by atoms with E-state index >= 15 is 0 Å². The molecule has 0 saturated carbocycles. The summed E-state index contributed by atoms with van der Waals surface area (Å²) >= 11 is 1.02. The number of anilines is 3. The largest absolute Gasteiger partial charge is 0.382 e. The lowest BCUT2D eigenvalue weighted by molar-refractivity contribution is 0.103. The number of aromatic nitrogens is 1. The van der Waals surface area contributed by atoms with Crippen molar-refractivity contribution in [2.45, 2.75) is 0 Å². The highest BCUT2D eigenvalue weighted by molar-refractivity contribution is 7.18. The molecule has 0 radical (unpaired) electrons. The molecule has 8 heteroatoms. The molecule has 1 aromatic heterocycles. The fourth-order valence-corrected chi connectivity index (χ4v) is 2.11. The zero-order valence-corrected chi connectivity index (χ0v) is 10.6. The lowest BCUT2D eigenvalue weighted by Gasteiger charge is -2.05. The van der Waals surface area contributed by atoms with Crippen molar-refractivity contribution in [2.75, 3.05) is 23.4 Å². The van der Waals surface area contributed by atoms with E-state index in [0.29, 0.717) is 5.13 Å². The summed E-state index contributed by atoms with van der Waals surface area (Å²) in [6.45, 7) is 0. The van der Waals surface area contributed by atoms with Crippen LogP contribution in [0.4, 0.5) is 25.4 Å². The minimum Gasteiger partial charge on any atom is -0.382 e. The maximum absolute atomic E-state index is 13.4. The van der Waals surface area contributed by atoms with Gasteiger partial charge in [0, 0.05) is 13.1 Å². The number of amides is 1. The number of carbonyl (C=O) groups excluding carboxylic acids is 1. The third-order valence-corrected chi connectivity index (χ3v) is 3.34. The maximum atomic E-state index is 13.4. The predicted octanol–water partition coefficient (Wildman–Crippen LogP) is 2.30. The summed E-state index contributed by atoms with van der Waals surface area (Å²) in [7, 11) is 1.63. The lowest BCUT2D eigenvalue weighted by atomic mass is 10.3. The summed E-state index contributed by atoms with van der Waals surface area (Å²) < 4.78 is 26.4. The summed E-state index contributed by atoms with van der Waals surface area (Å²) in [5.41, 5.74) is 5.32. The number of halogens is 2. The van der Waals surface area contributed by atoms with E-state index in [-0.39, 0.29) is 16.4 Å². The highest BCUT2D eigenvalue weighted by atomic mass is 32.1. The van der Waals surface area contributed by atoms with Crippen molar-refractivity contribution in [1.82, 2.24) is 4.98 Å². The number of nitrogen functional groups attached to an aromatic ring is 1. The van der Waals surface area contributed by atoms with Crippen molar-refractivity contribution >= 4 is 33.9 Å². The van der Waals surface area contributed by atoms with Gasteiger partial charge in [-0.05, 0) is 12.1 Å². The minimum atomic E-state index is -0.730. The van der Waals surface area contributed by atoms with Gasteiger partial charge in [0.25, 0.3) is 5.91 Å². The van der Waals surface area contributed by atoms with Gasteiger partial charge in [0.05, 0.1) is 5.69 Å². The second-order valence-electron chi connectivity index (χ2n) is 3.56. The molecule has 0 aliphatic rings. The van der Waals surface area contributed by atoms with Crippen molar-refractivity contribution in [1.29, 1.82) is 0 Å². The van der Waals surface area contributed by atoms with Gasteiger partial charge in [-0.2, -0.15) is 0 Å². The van der Waals surface area contributed by atoms with Gasteiger partial charge in [-0.3, -0.25) is 4.79 Å². The van der Waals surface area contributed by atoms with Crippen LogP contribution in [-0.2, 0) is 0 Å². The van der Waals surface area contributed by atoms with E-state index in [2.05, 4.69) is 15.6 Å². The highest BCUT2D eigenvalue weighted by Crippen LogP contribution is 2.26. The van der Waals surface area contributed by atoms with Gasteiger partial charge in [0.1, 0.15) is 22.3 Å². The van der Waals surface area contributed by atoms with Gasteiger partial charge in [0.15, 0.2) is 5.13 Å². The van der Waals surface area contributed by atoms with Crippen LogP contribution in [-0.4, -0.2) is 17.9 Å². The number of carbonyl (C=O) groups is 1. The average Bonchev–Trinajstić information content (AvgIpc) is 2.75. The monoisotopic (exact) mass is 284 g/mol. The van der Waals surface area contributed by atoms with Crippen LogP contribution >= 0.6 is 11.3 Å². The Morgan fingerprint density at radius 1 is 1.42 bits per heavy atom. The zero-order valence-electron chi connectivity index (χ0n) is 9.83. The Bertz CT molecular complexity index is 629. The number of nitrogens with zero attached hydrogens (tertiary/aromatic N) is 1. The third kappa shape index (κ3) is 2.79. The number of nitrogens with one attached hydrogen (secondary N) is 2. The van der Waals surface area contributed by atoms with E-state index in [1.807, 2.05) is 0 Å². The summed E-state index contributed by atoms with van der Waals surface area (Å²) in [4.78, 5) is 15.9. The molecule has 0 fully saturated rings. The molecule has 2 rings (SSSR count). The number of benzene rings is 1. The van der Waals surface area contributed by atoms with Crippen molar-refractivity contribution in [2.24, 2.45) is 0 Å². The predicted molar refractivity (Wildman–Crippen MR) is 70.4 cm³/mol. The second-order valence-corrected chi connectivity index (χ2v) is 4.56. The molecule has 1 amide bonds. The Kier molecular flexibility index (Phi) is 3.61. The fraction of sp³-hybridized carbons (Fsp3) is 0.0909. The van der Waals surface area contributed by atoms with E-state index < -0.39 is 17.5 Å². The van der Waals surface area contributed by atoms with Crippen LogP contribution in [0.5, 0.6) is 0 Å². The molecule has 1 aromatic carbocycles. The first-order valence-electron chi connectivity index (χ1n) is 5.21. The lowest BCUT2D eigenvalue weighted by Crippen LogP contribution is -2.13. The van der Waals surface area contributed by atoms with Crippen LogP contribution in [0.3, 0.4) is 0 Å². The van der Waals surface area contributed by atoms with E-state index in [9.17, 15) is 13.6 Å². The topological polar surface area (TPSA) is 80.0 Å². The Morgan fingerprint density at radius 3 is 2.79 bits per heavy atom. The van der Waals surface area contributed by atoms with Crippen LogP contribution in [0.15, 0.2) is 18.2 Å². The quantitative estimate of drug-likeness (QED) is 0.808. The van der Waals surface area contributed by atoms with Crippen LogP contribution in [0, 0.1) is 11.6 Å². The normalized spacial score (nSPS) is 10.3. The second kappa shape index (κ2) is 5.19. The van der Waals surface area contributed by atoms with Crippen LogP contribution in [0.2, 0.25) is 0 Å². The first kappa shape index (κ1) is 13.2. The molecular formula is C11H10F2N4OS. The van der Waals surface area contributed by atoms with Crippen molar-refractivity contribution < 1.29 is 13.6 Å². The van der Waals surface area contributed by atoms with Crippen LogP contribution < -0.4 is 16.4 Å². The van der Waals surface area contributed by atoms with E-state index in [1.165, 1.54) is 0 Å². The number of hydrogen-bond donors (Lipinski definition) is 3. The number of nitrogens with two attached hydrogens (primary N) is 1. The molecule has 2 aromatic rings. The highest BCUT2D eigenvalue weighted by Gasteiger charge is 2.17. The summed E-state index contributed by atoms with van der Waals surface area (Å²) in [5, 5.41) is 5.46. The number of rotatable bonds is 3. The molecule has 5 nitrogen and oxygen atoms in total. The molecule has 0 atom stereocenters. The first-order valence-corrected chi connectivity index (χ1v) is 6.03. The van der Waals surface area contributed by atoms with Gasteiger partial charge in [-0.25, -0.2) is 13.8 Å². The Morgan fingerprint density at radius 2 is 2.16 bits per heavy atom. The zero-order chi connectivity index (χ0) is 14.0. The van der Waals surface area contributed by atoms with Gasteiger partial charge in [-0.1, -0.05) is 11.3 Å². The SMILES string of the molecule is CNc1nc(N)c(C(=O)Nc2cc(F)ccc2F)s1. The molecule has 0 saturated heterocycles. The van der Waals surface area contributed by atoms with E-state index in [4.69, 9.17) is 5.73 Å². The summed E-state index contributed by atoms with van der Waals surface area (Å²) in [5.74, 6) is -1.98. The van der Waals surface area contributed by atoms with Crippen molar-refractivity contribution in [3.05, 3.63) is 34.7 Å². The first-order chi connectivity index (χ1) is 9.01. The molecule has 0 spiro atoms. The Labute approximate surface area is 111 Å². The molecule has 0 unspecified atom stereocenters. The molecular weight excluding hydrogens is 274 g/mol. The number of thiazole rings is 1. The van der Waals surface area contributed by atoms with Gasteiger partial charge >= 0.3 is 0 Å². The number of hydrogen-bond acceptors (Lipinski definition) is 5. The average molecular weight is 284 g/mol. The van der Waals surface area contributed by atoms with Gasteiger partial charge in [-0.15, -0.1) is 0 Å². The maximum Gasteiger partial charge on any atom is 0.269 e. The third-order valence-electron chi connectivity index (χ3n) is 2.25.